The second-order valence-electron chi connectivity index (χ2n) is 8.54. The first kappa shape index (κ1) is 26.3. The number of rotatable bonds is 13. The predicted octanol–water partition coefficient (Wildman–Crippen LogP) is 4.78. The van der Waals surface area contributed by atoms with Gasteiger partial charge in [0, 0.05) is 31.3 Å². The van der Waals surface area contributed by atoms with Crippen LogP contribution >= 0.6 is 0 Å². The molecule has 2 aromatic rings. The molecule has 0 aliphatic carbocycles. The number of nitrogens with zero attached hydrogens (tertiary/aromatic N) is 1. The second-order valence-corrected chi connectivity index (χ2v) is 8.54. The van der Waals surface area contributed by atoms with Gasteiger partial charge in [0.05, 0.1) is 26.4 Å². The monoisotopic (exact) mass is 458 g/mol. The number of likely N-dealkylation sites (N-methyl/N-ethyl adjacent to an activating group) is 1. The average molecular weight is 459 g/mol. The smallest absolute Gasteiger partial charge is 0.225 e. The lowest BCUT2D eigenvalue weighted by Crippen LogP contribution is -2.26. The molecule has 0 unspecified atom stereocenters. The normalized spacial score (nSPS) is 11.1. The molecule has 0 fully saturated rings. The van der Waals surface area contributed by atoms with E-state index in [0.29, 0.717) is 30.2 Å². The molecule has 2 aromatic carbocycles. The molecule has 33 heavy (non-hydrogen) atoms. The van der Waals surface area contributed by atoms with Crippen LogP contribution in [0.5, 0.6) is 23.0 Å². The summed E-state index contributed by atoms with van der Waals surface area (Å²) in [6.07, 6.45) is 1.29. The van der Waals surface area contributed by atoms with E-state index in [2.05, 4.69) is 10.2 Å². The van der Waals surface area contributed by atoms with Crippen molar-refractivity contribution < 1.29 is 23.7 Å². The van der Waals surface area contributed by atoms with Crippen LogP contribution in [0.3, 0.4) is 0 Å². The summed E-state index contributed by atoms with van der Waals surface area (Å²) < 4.78 is 22.3. The molecule has 7 nitrogen and oxygen atoms in total. The Labute approximate surface area is 198 Å². The molecule has 0 atom stereocenters. The lowest BCUT2D eigenvalue weighted by Gasteiger charge is -2.19. The first-order valence-electron chi connectivity index (χ1n) is 11.4. The van der Waals surface area contributed by atoms with Crippen molar-refractivity contribution in [1.29, 1.82) is 0 Å². The van der Waals surface area contributed by atoms with Crippen molar-refractivity contribution in [3.8, 4) is 23.0 Å². The first-order chi connectivity index (χ1) is 15.7. The highest BCUT2D eigenvalue weighted by Gasteiger charge is 2.12. The van der Waals surface area contributed by atoms with Crippen molar-refractivity contribution in [3.63, 3.8) is 0 Å². The summed E-state index contributed by atoms with van der Waals surface area (Å²) in [4.78, 5) is 14.6. The van der Waals surface area contributed by atoms with E-state index in [9.17, 15) is 4.79 Å². The zero-order valence-electron chi connectivity index (χ0n) is 20.9. The van der Waals surface area contributed by atoms with Gasteiger partial charge in [-0.2, -0.15) is 0 Å². The molecule has 0 bridgehead atoms. The van der Waals surface area contributed by atoms with E-state index in [0.717, 1.165) is 30.0 Å². The summed E-state index contributed by atoms with van der Waals surface area (Å²) in [5.74, 6) is 2.70. The number of carbonyl (C=O) groups is 1. The van der Waals surface area contributed by atoms with Crippen LogP contribution in [0.1, 0.15) is 39.7 Å². The van der Waals surface area contributed by atoms with Crippen LogP contribution < -0.4 is 24.3 Å². The first-order valence-corrected chi connectivity index (χ1v) is 11.4. The number of nitrogens with one attached hydrogen (secondary N) is 1. The number of hydrogen-bond donors (Lipinski definition) is 1. The van der Waals surface area contributed by atoms with Crippen LogP contribution in [-0.2, 0) is 11.2 Å². The number of carbonyl (C=O) groups excluding carboxylic acids is 1. The Kier molecular flexibility index (Phi) is 10.3. The summed E-state index contributed by atoms with van der Waals surface area (Å²) in [5.41, 5.74) is 1.85. The van der Waals surface area contributed by atoms with Crippen LogP contribution in [0.2, 0.25) is 0 Å². The number of ether oxygens (including phenoxy) is 4. The van der Waals surface area contributed by atoms with Crippen molar-refractivity contribution in [1.82, 2.24) is 4.90 Å². The van der Waals surface area contributed by atoms with Gasteiger partial charge < -0.3 is 29.2 Å². The number of benzene rings is 2. The molecule has 7 heteroatoms. The third kappa shape index (κ3) is 8.85. The third-order valence-electron chi connectivity index (χ3n) is 4.90. The van der Waals surface area contributed by atoms with Crippen molar-refractivity contribution in [2.45, 2.75) is 52.7 Å². The van der Waals surface area contributed by atoms with E-state index < -0.39 is 0 Å². The van der Waals surface area contributed by atoms with E-state index in [-0.39, 0.29) is 18.1 Å². The van der Waals surface area contributed by atoms with Crippen molar-refractivity contribution in [3.05, 3.63) is 42.0 Å². The summed E-state index contributed by atoms with van der Waals surface area (Å²) in [6, 6.07) is 11.4. The molecule has 0 heterocycles. The molecule has 0 saturated carbocycles. The molecule has 1 N–H and O–H groups in total. The van der Waals surface area contributed by atoms with E-state index in [1.54, 1.807) is 14.2 Å². The largest absolute Gasteiger partial charge is 0.493 e. The topological polar surface area (TPSA) is 69.3 Å². The highest BCUT2D eigenvalue weighted by molar-refractivity contribution is 5.91. The maximum absolute atomic E-state index is 12.5. The van der Waals surface area contributed by atoms with Crippen LogP contribution in [0, 0.1) is 0 Å². The molecule has 182 valence electrons. The quantitative estimate of drug-likeness (QED) is 0.466. The molecular formula is C26H38N2O5. The third-order valence-corrected chi connectivity index (χ3v) is 4.90. The predicted molar refractivity (Wildman–Crippen MR) is 132 cm³/mol. The van der Waals surface area contributed by atoms with Crippen LogP contribution in [0.15, 0.2) is 36.4 Å². The molecule has 0 saturated heterocycles. The minimum atomic E-state index is -0.0407. The summed E-state index contributed by atoms with van der Waals surface area (Å²) >= 11 is 0. The van der Waals surface area contributed by atoms with E-state index >= 15 is 0 Å². The molecule has 1 amide bonds. The van der Waals surface area contributed by atoms with Gasteiger partial charge in [0.1, 0.15) is 0 Å². The van der Waals surface area contributed by atoms with Crippen LogP contribution in [0.4, 0.5) is 5.69 Å². The van der Waals surface area contributed by atoms with Gasteiger partial charge in [-0.15, -0.1) is 0 Å². The highest BCUT2D eigenvalue weighted by atomic mass is 16.5. The fourth-order valence-corrected chi connectivity index (χ4v) is 3.27. The van der Waals surface area contributed by atoms with Gasteiger partial charge in [-0.3, -0.25) is 4.79 Å². The Morgan fingerprint density at radius 2 is 1.48 bits per heavy atom. The van der Waals surface area contributed by atoms with Gasteiger partial charge in [0.2, 0.25) is 5.91 Å². The zero-order chi connectivity index (χ0) is 24.4. The van der Waals surface area contributed by atoms with E-state index in [1.807, 2.05) is 71.1 Å². The summed E-state index contributed by atoms with van der Waals surface area (Å²) in [6.45, 7) is 9.34. The Morgan fingerprint density at radius 1 is 0.848 bits per heavy atom. The fourth-order valence-electron chi connectivity index (χ4n) is 3.27. The zero-order valence-corrected chi connectivity index (χ0v) is 20.9. The van der Waals surface area contributed by atoms with Gasteiger partial charge in [0.25, 0.3) is 0 Å². The van der Waals surface area contributed by atoms with Crippen molar-refractivity contribution in [2.24, 2.45) is 0 Å². The molecule has 0 spiro atoms. The second kappa shape index (κ2) is 12.9. The molecule has 0 radical (unpaired) electrons. The molecular weight excluding hydrogens is 420 g/mol. The standard InChI is InChI=1S/C26H38N2O5/c1-18(2)32-23-11-9-21(17-25(23)33-19(3)4)27-26(29)13-15-28(5)14-12-20-8-10-22(30-6)24(16-20)31-7/h8-11,16-19H,12-15H2,1-7H3,(H,27,29). The molecule has 0 aromatic heterocycles. The van der Waals surface area contributed by atoms with Gasteiger partial charge in [0.15, 0.2) is 23.0 Å². The summed E-state index contributed by atoms with van der Waals surface area (Å²) in [5, 5.41) is 2.96. The number of hydrogen-bond acceptors (Lipinski definition) is 6. The Hall–Kier alpha value is -2.93. The number of amides is 1. The Morgan fingerprint density at radius 3 is 2.12 bits per heavy atom. The van der Waals surface area contributed by atoms with Crippen LogP contribution in [-0.4, -0.2) is 57.4 Å². The Bertz CT molecular complexity index is 898. The van der Waals surface area contributed by atoms with Gasteiger partial charge >= 0.3 is 0 Å². The number of anilines is 1. The average Bonchev–Trinajstić information content (AvgIpc) is 2.77. The lowest BCUT2D eigenvalue weighted by molar-refractivity contribution is -0.116. The number of methoxy groups -OCH3 is 2. The lowest BCUT2D eigenvalue weighted by atomic mass is 10.1. The maximum atomic E-state index is 12.5. The highest BCUT2D eigenvalue weighted by Crippen LogP contribution is 2.32. The van der Waals surface area contributed by atoms with Gasteiger partial charge in [-0.1, -0.05) is 6.07 Å². The summed E-state index contributed by atoms with van der Waals surface area (Å²) in [7, 11) is 5.28. The van der Waals surface area contributed by atoms with Crippen molar-refractivity contribution in [2.75, 3.05) is 39.7 Å². The van der Waals surface area contributed by atoms with E-state index in [4.69, 9.17) is 18.9 Å². The fraction of sp³-hybridized carbons (Fsp3) is 0.500. The molecule has 0 aliphatic heterocycles. The molecule has 0 aliphatic rings. The van der Waals surface area contributed by atoms with Crippen molar-refractivity contribution >= 4 is 11.6 Å². The van der Waals surface area contributed by atoms with Crippen LogP contribution in [0.25, 0.3) is 0 Å². The maximum Gasteiger partial charge on any atom is 0.225 e. The van der Waals surface area contributed by atoms with Gasteiger partial charge in [-0.25, -0.2) is 0 Å². The molecule has 2 rings (SSSR count). The Balaban J connectivity index is 1.86. The minimum absolute atomic E-state index is 0.00443. The SMILES string of the molecule is COc1ccc(CCN(C)CCC(=O)Nc2ccc(OC(C)C)c(OC(C)C)c2)cc1OC. The van der Waals surface area contributed by atoms with E-state index in [1.165, 1.54) is 0 Å². The van der Waals surface area contributed by atoms with Gasteiger partial charge in [-0.05, 0) is 71.0 Å². The minimum Gasteiger partial charge on any atom is -0.493 e.